The van der Waals surface area contributed by atoms with E-state index >= 15 is 0 Å². The Kier molecular flexibility index (Phi) is 4.57. The van der Waals surface area contributed by atoms with Gasteiger partial charge in [-0.3, -0.25) is 0 Å². The molecule has 0 spiro atoms. The predicted molar refractivity (Wildman–Crippen MR) is 70.3 cm³/mol. The molecule has 0 bridgehead atoms. The van der Waals surface area contributed by atoms with E-state index in [1.165, 1.54) is 25.0 Å². The molecule has 1 aliphatic rings. The highest BCUT2D eigenvalue weighted by Gasteiger charge is 2.18. The summed E-state index contributed by atoms with van der Waals surface area (Å²) >= 11 is 3.29. The van der Waals surface area contributed by atoms with E-state index in [0.717, 1.165) is 28.8 Å². The Labute approximate surface area is 110 Å². The minimum atomic E-state index is -0.213. The number of halogens is 2. The fraction of sp³-hybridized carbons (Fsp3) is 0.571. The molecule has 1 nitrogen and oxygen atoms in total. The lowest BCUT2D eigenvalue weighted by Crippen LogP contribution is -2.20. The second-order valence-corrected chi connectivity index (χ2v) is 5.89. The molecule has 0 N–H and O–H groups in total. The lowest BCUT2D eigenvalue weighted by molar-refractivity contribution is 0.00866. The molecule has 1 aromatic carbocycles. The Morgan fingerprint density at radius 1 is 1.24 bits per heavy atom. The van der Waals surface area contributed by atoms with Gasteiger partial charge in [0.2, 0.25) is 0 Å². The number of hydrogen-bond donors (Lipinski definition) is 0. The summed E-state index contributed by atoms with van der Waals surface area (Å²) in [7, 11) is 0. The van der Waals surface area contributed by atoms with Gasteiger partial charge in [-0.05, 0) is 55.4 Å². The van der Waals surface area contributed by atoms with Crippen molar-refractivity contribution in [1.82, 2.24) is 0 Å². The summed E-state index contributed by atoms with van der Waals surface area (Å²) in [5.74, 6) is 0.619. The van der Waals surface area contributed by atoms with Gasteiger partial charge >= 0.3 is 0 Å². The van der Waals surface area contributed by atoms with E-state index in [-0.39, 0.29) is 5.82 Å². The second-order valence-electron chi connectivity index (χ2n) is 4.97. The molecule has 2 rings (SSSR count). The lowest BCUT2D eigenvalue weighted by Gasteiger charge is -2.26. The normalized spacial score (nSPS) is 24.9. The Morgan fingerprint density at radius 3 is 2.59 bits per heavy atom. The third-order valence-electron chi connectivity index (χ3n) is 3.37. The van der Waals surface area contributed by atoms with Crippen molar-refractivity contribution in [3.05, 3.63) is 34.1 Å². The molecule has 17 heavy (non-hydrogen) atoms. The average Bonchev–Trinajstić information content (AvgIpc) is 2.27. The summed E-state index contributed by atoms with van der Waals surface area (Å²) in [4.78, 5) is 0. The fourth-order valence-corrected chi connectivity index (χ4v) is 2.82. The molecule has 1 aromatic rings. The van der Waals surface area contributed by atoms with E-state index in [1.54, 1.807) is 0 Å². The van der Waals surface area contributed by atoms with Crippen LogP contribution in [0, 0.1) is 11.7 Å². The molecule has 0 heterocycles. The van der Waals surface area contributed by atoms with Crippen LogP contribution < -0.4 is 0 Å². The van der Waals surface area contributed by atoms with E-state index in [2.05, 4.69) is 22.9 Å². The lowest BCUT2D eigenvalue weighted by atomic mass is 9.89. The molecule has 0 aromatic heterocycles. The van der Waals surface area contributed by atoms with Crippen LogP contribution in [0.5, 0.6) is 0 Å². The Bertz CT molecular complexity index is 352. The van der Waals surface area contributed by atoms with Gasteiger partial charge in [0.25, 0.3) is 0 Å². The average molecular weight is 301 g/mol. The molecule has 0 saturated heterocycles. The van der Waals surface area contributed by atoms with Gasteiger partial charge in [0, 0.05) is 4.47 Å². The topological polar surface area (TPSA) is 9.23 Å². The summed E-state index contributed by atoms with van der Waals surface area (Å²) in [6.45, 7) is 2.80. The molecular weight excluding hydrogens is 283 g/mol. The van der Waals surface area contributed by atoms with E-state index in [4.69, 9.17) is 4.74 Å². The summed E-state index contributed by atoms with van der Waals surface area (Å²) in [5.41, 5.74) is 0.899. The van der Waals surface area contributed by atoms with Crippen molar-refractivity contribution in [1.29, 1.82) is 0 Å². The summed E-state index contributed by atoms with van der Waals surface area (Å²) in [6.07, 6.45) is 5.12. The Hall–Kier alpha value is -0.410. The molecular formula is C14H18BrFO. The second kappa shape index (κ2) is 5.96. The van der Waals surface area contributed by atoms with Gasteiger partial charge < -0.3 is 4.74 Å². The molecule has 0 unspecified atom stereocenters. The van der Waals surface area contributed by atoms with Crippen molar-refractivity contribution < 1.29 is 9.13 Å². The van der Waals surface area contributed by atoms with E-state index < -0.39 is 0 Å². The zero-order valence-electron chi connectivity index (χ0n) is 10.1. The van der Waals surface area contributed by atoms with Crippen LogP contribution in [0.2, 0.25) is 0 Å². The van der Waals surface area contributed by atoms with E-state index in [1.807, 2.05) is 6.07 Å². The van der Waals surface area contributed by atoms with Crippen molar-refractivity contribution in [2.75, 3.05) is 0 Å². The number of hydrogen-bond acceptors (Lipinski definition) is 1. The molecule has 1 saturated carbocycles. The van der Waals surface area contributed by atoms with Gasteiger partial charge in [-0.2, -0.15) is 0 Å². The molecule has 0 radical (unpaired) electrons. The summed E-state index contributed by atoms with van der Waals surface area (Å²) < 4.78 is 19.8. The minimum absolute atomic E-state index is 0.213. The van der Waals surface area contributed by atoms with Crippen molar-refractivity contribution in [2.45, 2.75) is 45.3 Å². The molecule has 3 heteroatoms. The number of ether oxygens (including phenoxy) is 1. The van der Waals surface area contributed by atoms with Crippen LogP contribution in [0.3, 0.4) is 0 Å². The van der Waals surface area contributed by atoms with Gasteiger partial charge in [0.1, 0.15) is 5.82 Å². The van der Waals surface area contributed by atoms with Gasteiger partial charge in [0.05, 0.1) is 12.7 Å². The SMILES string of the molecule is CC1CCC(OCc2cc(F)cc(Br)c2)CC1. The van der Waals surface area contributed by atoms with Crippen LogP contribution >= 0.6 is 15.9 Å². The molecule has 0 amide bonds. The third-order valence-corrected chi connectivity index (χ3v) is 3.83. The third kappa shape index (κ3) is 4.07. The van der Waals surface area contributed by atoms with Gasteiger partial charge in [-0.25, -0.2) is 4.39 Å². The van der Waals surface area contributed by atoms with Crippen LogP contribution in [0.25, 0.3) is 0 Å². The molecule has 0 aliphatic heterocycles. The van der Waals surface area contributed by atoms with Crippen molar-refractivity contribution >= 4 is 15.9 Å². The maximum atomic E-state index is 13.2. The predicted octanol–water partition coefficient (Wildman–Crippen LogP) is 4.68. The standard InChI is InChI=1S/C14H18BrFO/c1-10-2-4-14(5-3-10)17-9-11-6-12(15)8-13(16)7-11/h6-8,10,14H,2-5,9H2,1H3. The fourth-order valence-electron chi connectivity index (χ4n) is 2.30. The minimum Gasteiger partial charge on any atom is -0.374 e. The Morgan fingerprint density at radius 2 is 1.94 bits per heavy atom. The molecule has 94 valence electrons. The largest absolute Gasteiger partial charge is 0.374 e. The molecule has 1 aliphatic carbocycles. The highest BCUT2D eigenvalue weighted by atomic mass is 79.9. The zero-order chi connectivity index (χ0) is 12.3. The van der Waals surface area contributed by atoms with Crippen LogP contribution in [0.15, 0.2) is 22.7 Å². The number of rotatable bonds is 3. The maximum absolute atomic E-state index is 13.2. The maximum Gasteiger partial charge on any atom is 0.124 e. The first-order valence-corrected chi connectivity index (χ1v) is 6.99. The van der Waals surface area contributed by atoms with Gasteiger partial charge in [-0.15, -0.1) is 0 Å². The first-order chi connectivity index (χ1) is 8.13. The van der Waals surface area contributed by atoms with Crippen LogP contribution in [-0.4, -0.2) is 6.10 Å². The van der Waals surface area contributed by atoms with Gasteiger partial charge in [0.15, 0.2) is 0 Å². The van der Waals surface area contributed by atoms with Crippen LogP contribution in [-0.2, 0) is 11.3 Å². The first kappa shape index (κ1) is 13.0. The summed E-state index contributed by atoms with van der Waals surface area (Å²) in [5, 5.41) is 0. The van der Waals surface area contributed by atoms with Crippen LogP contribution in [0.4, 0.5) is 4.39 Å². The van der Waals surface area contributed by atoms with Crippen molar-refractivity contribution in [3.8, 4) is 0 Å². The monoisotopic (exact) mass is 300 g/mol. The first-order valence-electron chi connectivity index (χ1n) is 6.20. The smallest absolute Gasteiger partial charge is 0.124 e. The number of benzene rings is 1. The highest BCUT2D eigenvalue weighted by molar-refractivity contribution is 9.10. The highest BCUT2D eigenvalue weighted by Crippen LogP contribution is 2.26. The van der Waals surface area contributed by atoms with E-state index in [0.29, 0.717) is 12.7 Å². The van der Waals surface area contributed by atoms with Gasteiger partial charge in [-0.1, -0.05) is 22.9 Å². The Balaban J connectivity index is 1.85. The quantitative estimate of drug-likeness (QED) is 0.787. The molecule has 0 atom stereocenters. The zero-order valence-corrected chi connectivity index (χ0v) is 11.7. The summed E-state index contributed by atoms with van der Waals surface area (Å²) in [6, 6.07) is 4.91. The van der Waals surface area contributed by atoms with Crippen molar-refractivity contribution in [3.63, 3.8) is 0 Å². The van der Waals surface area contributed by atoms with E-state index in [9.17, 15) is 4.39 Å². The molecule has 1 fully saturated rings. The van der Waals surface area contributed by atoms with Crippen LogP contribution in [0.1, 0.15) is 38.2 Å². The van der Waals surface area contributed by atoms with Crippen molar-refractivity contribution in [2.24, 2.45) is 5.92 Å².